The minimum Gasteiger partial charge on any atom is -0.494 e. The normalized spacial score (nSPS) is 13.8. The molecule has 10 heteroatoms. The standard InChI is InChI=1S/C23H29N5O4S/c1-4-27(9-12-30-2)19-15-16(7-8-24-19)22(29)26-23-25-20-18(31-3)6-5-17(21(20)33-23)28-10-13-32-14-11-28/h5-8,15H,4,9-14H2,1-3H3,(H,25,26,29). The highest BCUT2D eigenvalue weighted by Gasteiger charge is 2.20. The van der Waals surface area contributed by atoms with E-state index in [9.17, 15) is 4.79 Å². The second-order valence-corrected chi connectivity index (χ2v) is 8.51. The molecule has 0 saturated carbocycles. The molecule has 2 aromatic heterocycles. The molecule has 1 aliphatic heterocycles. The van der Waals surface area contributed by atoms with Crippen molar-refractivity contribution in [2.45, 2.75) is 6.92 Å². The van der Waals surface area contributed by atoms with Crippen molar-refractivity contribution in [3.05, 3.63) is 36.0 Å². The fourth-order valence-corrected chi connectivity index (χ4v) is 4.80. The van der Waals surface area contributed by atoms with Gasteiger partial charge >= 0.3 is 0 Å². The van der Waals surface area contributed by atoms with Crippen molar-refractivity contribution in [1.82, 2.24) is 9.97 Å². The second-order valence-electron chi connectivity index (χ2n) is 7.51. The van der Waals surface area contributed by atoms with Gasteiger partial charge in [0.1, 0.15) is 17.1 Å². The summed E-state index contributed by atoms with van der Waals surface area (Å²) in [4.78, 5) is 26.5. The van der Waals surface area contributed by atoms with E-state index in [2.05, 4.69) is 25.1 Å². The van der Waals surface area contributed by atoms with Crippen molar-refractivity contribution < 1.29 is 19.0 Å². The molecular weight excluding hydrogens is 442 g/mol. The summed E-state index contributed by atoms with van der Waals surface area (Å²) in [5.41, 5.74) is 2.35. The van der Waals surface area contributed by atoms with Gasteiger partial charge in [-0.1, -0.05) is 11.3 Å². The van der Waals surface area contributed by atoms with Gasteiger partial charge in [-0.05, 0) is 31.2 Å². The third-order valence-corrected chi connectivity index (χ3v) is 6.55. The lowest BCUT2D eigenvalue weighted by Crippen LogP contribution is -2.36. The van der Waals surface area contributed by atoms with Crippen molar-refractivity contribution in [3.63, 3.8) is 0 Å². The van der Waals surface area contributed by atoms with Crippen LogP contribution >= 0.6 is 11.3 Å². The summed E-state index contributed by atoms with van der Waals surface area (Å²) >= 11 is 1.45. The summed E-state index contributed by atoms with van der Waals surface area (Å²) in [6.07, 6.45) is 1.65. The Kier molecular flexibility index (Phi) is 7.58. The Morgan fingerprint density at radius 1 is 1.27 bits per heavy atom. The number of nitrogens with one attached hydrogen (secondary N) is 1. The molecule has 176 valence electrons. The zero-order valence-corrected chi connectivity index (χ0v) is 20.0. The van der Waals surface area contributed by atoms with Crippen LogP contribution in [0.4, 0.5) is 16.6 Å². The lowest BCUT2D eigenvalue weighted by molar-refractivity contribution is 0.102. The van der Waals surface area contributed by atoms with Crippen molar-refractivity contribution >= 4 is 44.1 Å². The van der Waals surface area contributed by atoms with Gasteiger partial charge in [0.05, 0.1) is 37.3 Å². The smallest absolute Gasteiger partial charge is 0.257 e. The van der Waals surface area contributed by atoms with Crippen LogP contribution in [0.1, 0.15) is 17.3 Å². The summed E-state index contributed by atoms with van der Waals surface area (Å²) in [6.45, 7) is 7.13. The molecule has 1 aliphatic rings. The molecule has 33 heavy (non-hydrogen) atoms. The highest BCUT2D eigenvalue weighted by molar-refractivity contribution is 7.23. The van der Waals surface area contributed by atoms with E-state index in [0.717, 1.165) is 41.4 Å². The van der Waals surface area contributed by atoms with Gasteiger partial charge < -0.3 is 24.0 Å². The second kappa shape index (κ2) is 10.8. The van der Waals surface area contributed by atoms with Crippen LogP contribution in [0.5, 0.6) is 5.75 Å². The van der Waals surface area contributed by atoms with Crippen LogP contribution in [0, 0.1) is 0 Å². The number of likely N-dealkylation sites (N-methyl/N-ethyl adjacent to an activating group) is 1. The van der Waals surface area contributed by atoms with Gasteiger partial charge in [-0.3, -0.25) is 10.1 Å². The Hall–Kier alpha value is -2.95. The van der Waals surface area contributed by atoms with Gasteiger partial charge in [-0.2, -0.15) is 0 Å². The minimum atomic E-state index is -0.229. The van der Waals surface area contributed by atoms with Crippen LogP contribution in [-0.4, -0.2) is 76.1 Å². The zero-order valence-electron chi connectivity index (χ0n) is 19.2. The van der Waals surface area contributed by atoms with Crippen LogP contribution < -0.4 is 19.9 Å². The van der Waals surface area contributed by atoms with Crippen molar-refractivity contribution in [1.29, 1.82) is 0 Å². The van der Waals surface area contributed by atoms with Crippen LogP contribution in [-0.2, 0) is 9.47 Å². The number of aromatic nitrogens is 2. The number of thiazole rings is 1. The van der Waals surface area contributed by atoms with Gasteiger partial charge in [0, 0.05) is 45.0 Å². The predicted octanol–water partition coefficient (Wildman–Crippen LogP) is 3.26. The molecule has 3 heterocycles. The maximum Gasteiger partial charge on any atom is 0.257 e. The molecule has 1 fully saturated rings. The number of fused-ring (bicyclic) bond motifs is 1. The number of ether oxygens (including phenoxy) is 3. The molecule has 1 N–H and O–H groups in total. The Bertz CT molecular complexity index is 1100. The van der Waals surface area contributed by atoms with Crippen LogP contribution in [0.2, 0.25) is 0 Å². The van der Waals surface area contributed by atoms with Crippen molar-refractivity contribution in [2.75, 3.05) is 75.3 Å². The fraction of sp³-hybridized carbons (Fsp3) is 0.435. The maximum atomic E-state index is 13.0. The van der Waals surface area contributed by atoms with E-state index in [4.69, 9.17) is 14.2 Å². The Morgan fingerprint density at radius 2 is 2.09 bits per heavy atom. The molecule has 0 bridgehead atoms. The molecule has 0 spiro atoms. The SMILES string of the molecule is CCN(CCOC)c1cc(C(=O)Nc2nc3c(OC)ccc(N4CCOCC4)c3s2)ccn1. The first-order valence-electron chi connectivity index (χ1n) is 11.0. The Morgan fingerprint density at radius 3 is 2.82 bits per heavy atom. The number of carbonyl (C=O) groups excluding carboxylic acids is 1. The minimum absolute atomic E-state index is 0.229. The van der Waals surface area contributed by atoms with E-state index in [1.54, 1.807) is 32.5 Å². The molecule has 4 rings (SSSR count). The van der Waals surface area contributed by atoms with Crippen LogP contribution in [0.15, 0.2) is 30.5 Å². The number of carbonyl (C=O) groups is 1. The average molecular weight is 472 g/mol. The van der Waals surface area contributed by atoms with Crippen molar-refractivity contribution in [3.8, 4) is 5.75 Å². The molecule has 0 aliphatic carbocycles. The number of amides is 1. The predicted molar refractivity (Wildman–Crippen MR) is 131 cm³/mol. The summed E-state index contributed by atoms with van der Waals surface area (Å²) in [5, 5.41) is 3.48. The molecular formula is C23H29N5O4S. The van der Waals surface area contributed by atoms with Gasteiger partial charge in [-0.15, -0.1) is 0 Å². The first-order valence-corrected chi connectivity index (χ1v) is 11.8. The van der Waals surface area contributed by atoms with E-state index >= 15 is 0 Å². The fourth-order valence-electron chi connectivity index (χ4n) is 3.78. The highest BCUT2D eigenvalue weighted by Crippen LogP contribution is 2.39. The molecule has 1 saturated heterocycles. The number of morpholine rings is 1. The number of hydrogen-bond acceptors (Lipinski definition) is 9. The van der Waals surface area contributed by atoms with Crippen LogP contribution in [0.25, 0.3) is 10.2 Å². The summed E-state index contributed by atoms with van der Waals surface area (Å²) < 4.78 is 17.2. The lowest BCUT2D eigenvalue weighted by atomic mass is 10.2. The molecule has 9 nitrogen and oxygen atoms in total. The first kappa shape index (κ1) is 23.2. The molecule has 3 aromatic rings. The van der Waals surface area contributed by atoms with Gasteiger partial charge in [0.2, 0.25) is 0 Å². The molecule has 0 radical (unpaired) electrons. The number of rotatable bonds is 9. The zero-order chi connectivity index (χ0) is 23.2. The summed E-state index contributed by atoms with van der Waals surface area (Å²) in [5.74, 6) is 1.19. The number of nitrogens with zero attached hydrogens (tertiary/aromatic N) is 4. The number of pyridine rings is 1. The van der Waals surface area contributed by atoms with E-state index in [1.807, 2.05) is 19.1 Å². The lowest BCUT2D eigenvalue weighted by Gasteiger charge is -2.29. The Balaban J connectivity index is 1.59. The van der Waals surface area contributed by atoms with Gasteiger partial charge in [-0.25, -0.2) is 9.97 Å². The van der Waals surface area contributed by atoms with Gasteiger partial charge in [0.15, 0.2) is 5.13 Å². The monoisotopic (exact) mass is 471 g/mol. The third kappa shape index (κ3) is 5.18. The number of benzene rings is 1. The summed E-state index contributed by atoms with van der Waals surface area (Å²) in [6, 6.07) is 7.47. The van der Waals surface area contributed by atoms with E-state index in [-0.39, 0.29) is 5.91 Å². The average Bonchev–Trinajstić information content (AvgIpc) is 3.28. The maximum absolute atomic E-state index is 13.0. The number of hydrogen-bond donors (Lipinski definition) is 1. The first-order chi connectivity index (χ1) is 16.1. The highest BCUT2D eigenvalue weighted by atomic mass is 32.1. The van der Waals surface area contributed by atoms with Gasteiger partial charge in [0.25, 0.3) is 5.91 Å². The molecule has 1 amide bonds. The molecule has 0 atom stereocenters. The quantitative estimate of drug-likeness (QED) is 0.509. The number of methoxy groups -OCH3 is 2. The Labute approximate surface area is 197 Å². The van der Waals surface area contributed by atoms with E-state index in [0.29, 0.717) is 42.8 Å². The van der Waals surface area contributed by atoms with E-state index < -0.39 is 0 Å². The molecule has 1 aromatic carbocycles. The van der Waals surface area contributed by atoms with Crippen LogP contribution in [0.3, 0.4) is 0 Å². The summed E-state index contributed by atoms with van der Waals surface area (Å²) in [7, 11) is 3.30. The van der Waals surface area contributed by atoms with Crippen molar-refractivity contribution in [2.24, 2.45) is 0 Å². The number of anilines is 3. The largest absolute Gasteiger partial charge is 0.494 e. The topological polar surface area (TPSA) is 89.0 Å². The van der Waals surface area contributed by atoms with E-state index in [1.165, 1.54) is 11.3 Å². The third-order valence-electron chi connectivity index (χ3n) is 5.56. The molecule has 0 unspecified atom stereocenters.